The van der Waals surface area contributed by atoms with Crippen LogP contribution in [0.1, 0.15) is 66.6 Å². The Morgan fingerprint density at radius 3 is 2.67 bits per heavy atom. The van der Waals surface area contributed by atoms with Crippen LogP contribution in [0, 0.1) is 0 Å². The van der Waals surface area contributed by atoms with E-state index in [0.717, 1.165) is 48.2 Å². The monoisotopic (exact) mass is 326 g/mol. The molecule has 2 aromatic rings. The molecule has 128 valence electrons. The van der Waals surface area contributed by atoms with E-state index in [0.29, 0.717) is 12.2 Å². The number of hydrogen-bond donors (Lipinski definition) is 1. The molecule has 0 saturated carbocycles. The highest BCUT2D eigenvalue weighted by Gasteiger charge is 2.23. The SMILES string of the molecule is Cn1nc2c(c1C(=O)NCc1ccc(C(C)(C)C)nc1)CCCC2. The molecule has 0 fully saturated rings. The molecule has 2 aromatic heterocycles. The van der Waals surface area contributed by atoms with Crippen molar-refractivity contribution in [2.75, 3.05) is 0 Å². The van der Waals surface area contributed by atoms with E-state index in [1.54, 1.807) is 4.68 Å². The van der Waals surface area contributed by atoms with Crippen LogP contribution in [0.3, 0.4) is 0 Å². The fourth-order valence-corrected chi connectivity index (χ4v) is 3.20. The second kappa shape index (κ2) is 6.38. The highest BCUT2D eigenvalue weighted by atomic mass is 16.2. The summed E-state index contributed by atoms with van der Waals surface area (Å²) < 4.78 is 1.73. The molecule has 0 saturated heterocycles. The minimum atomic E-state index is -0.0481. The predicted molar refractivity (Wildman–Crippen MR) is 94.0 cm³/mol. The number of nitrogens with one attached hydrogen (secondary N) is 1. The zero-order valence-electron chi connectivity index (χ0n) is 15.0. The highest BCUT2D eigenvalue weighted by molar-refractivity contribution is 5.94. The summed E-state index contributed by atoms with van der Waals surface area (Å²) in [6, 6.07) is 4.07. The lowest BCUT2D eigenvalue weighted by Crippen LogP contribution is -2.26. The van der Waals surface area contributed by atoms with Crippen LogP contribution in [0.5, 0.6) is 0 Å². The van der Waals surface area contributed by atoms with E-state index in [-0.39, 0.29) is 11.3 Å². The van der Waals surface area contributed by atoms with E-state index >= 15 is 0 Å². The fourth-order valence-electron chi connectivity index (χ4n) is 3.20. The second-order valence-electron chi connectivity index (χ2n) is 7.59. The van der Waals surface area contributed by atoms with Crippen molar-refractivity contribution in [3.63, 3.8) is 0 Å². The number of carbonyl (C=O) groups excluding carboxylic acids is 1. The van der Waals surface area contributed by atoms with Gasteiger partial charge in [-0.1, -0.05) is 26.8 Å². The lowest BCUT2D eigenvalue weighted by molar-refractivity contribution is 0.0940. The summed E-state index contributed by atoms with van der Waals surface area (Å²) in [6.45, 7) is 6.91. The number of rotatable bonds is 3. The molecular weight excluding hydrogens is 300 g/mol. The molecule has 0 bridgehead atoms. The molecule has 0 radical (unpaired) electrons. The van der Waals surface area contributed by atoms with E-state index in [1.165, 1.54) is 0 Å². The first kappa shape index (κ1) is 16.7. The smallest absolute Gasteiger partial charge is 0.270 e. The third-order valence-corrected chi connectivity index (χ3v) is 4.58. The Bertz CT molecular complexity index is 738. The maximum atomic E-state index is 12.6. The van der Waals surface area contributed by atoms with Crippen LogP contribution < -0.4 is 5.32 Å². The lowest BCUT2D eigenvalue weighted by atomic mass is 9.91. The number of aryl methyl sites for hydroxylation is 2. The van der Waals surface area contributed by atoms with E-state index in [1.807, 2.05) is 25.4 Å². The molecule has 0 spiro atoms. The van der Waals surface area contributed by atoms with Crippen molar-refractivity contribution < 1.29 is 4.79 Å². The van der Waals surface area contributed by atoms with Gasteiger partial charge >= 0.3 is 0 Å². The Labute approximate surface area is 143 Å². The van der Waals surface area contributed by atoms with Crippen LogP contribution in [-0.4, -0.2) is 20.7 Å². The first-order valence-corrected chi connectivity index (χ1v) is 8.64. The Balaban J connectivity index is 1.69. The van der Waals surface area contributed by atoms with Crippen molar-refractivity contribution in [1.29, 1.82) is 0 Å². The molecule has 0 unspecified atom stereocenters. The minimum Gasteiger partial charge on any atom is -0.347 e. The van der Waals surface area contributed by atoms with Crippen molar-refractivity contribution in [2.45, 2.75) is 58.4 Å². The maximum absolute atomic E-state index is 12.6. The largest absolute Gasteiger partial charge is 0.347 e. The second-order valence-corrected chi connectivity index (χ2v) is 7.59. The normalized spacial score (nSPS) is 14.3. The summed E-state index contributed by atoms with van der Waals surface area (Å²) in [5.74, 6) is -0.0481. The minimum absolute atomic E-state index is 0.0373. The predicted octanol–water partition coefficient (Wildman–Crippen LogP) is 2.92. The summed E-state index contributed by atoms with van der Waals surface area (Å²) in [7, 11) is 1.85. The van der Waals surface area contributed by atoms with Crippen LogP contribution in [0.25, 0.3) is 0 Å². The molecular formula is C19H26N4O. The third kappa shape index (κ3) is 3.35. The maximum Gasteiger partial charge on any atom is 0.270 e. The summed E-state index contributed by atoms with van der Waals surface area (Å²) in [4.78, 5) is 17.1. The molecule has 24 heavy (non-hydrogen) atoms. The zero-order valence-corrected chi connectivity index (χ0v) is 15.0. The topological polar surface area (TPSA) is 59.8 Å². The molecule has 5 nitrogen and oxygen atoms in total. The average molecular weight is 326 g/mol. The Kier molecular flexibility index (Phi) is 4.43. The van der Waals surface area contributed by atoms with Gasteiger partial charge in [0.25, 0.3) is 5.91 Å². The van der Waals surface area contributed by atoms with E-state index < -0.39 is 0 Å². The standard InChI is InChI=1S/C19H26N4O/c1-19(2,3)16-10-9-13(11-20-16)12-21-18(24)17-14-7-5-6-8-15(14)22-23(17)4/h9-11H,5-8,12H2,1-4H3,(H,21,24). The van der Waals surface area contributed by atoms with Crippen LogP contribution >= 0.6 is 0 Å². The molecule has 3 rings (SSSR count). The van der Waals surface area contributed by atoms with Crippen molar-refractivity contribution in [3.05, 3.63) is 46.5 Å². The van der Waals surface area contributed by atoms with E-state index in [9.17, 15) is 4.79 Å². The Morgan fingerprint density at radius 2 is 2.00 bits per heavy atom. The van der Waals surface area contributed by atoms with Crippen LogP contribution in [-0.2, 0) is 31.8 Å². The fraction of sp³-hybridized carbons (Fsp3) is 0.526. The molecule has 2 heterocycles. The van der Waals surface area contributed by atoms with E-state index in [4.69, 9.17) is 0 Å². The van der Waals surface area contributed by atoms with Crippen molar-refractivity contribution >= 4 is 5.91 Å². The summed E-state index contributed by atoms with van der Waals surface area (Å²) in [5, 5.41) is 7.52. The van der Waals surface area contributed by atoms with Crippen molar-refractivity contribution in [2.24, 2.45) is 7.05 Å². The van der Waals surface area contributed by atoms with Crippen LogP contribution in [0.15, 0.2) is 18.3 Å². The summed E-state index contributed by atoms with van der Waals surface area (Å²) in [6.07, 6.45) is 6.08. The number of aromatic nitrogens is 3. The van der Waals surface area contributed by atoms with Crippen LogP contribution in [0.4, 0.5) is 0 Å². The number of hydrogen-bond acceptors (Lipinski definition) is 3. The third-order valence-electron chi connectivity index (χ3n) is 4.58. The van der Waals surface area contributed by atoms with Gasteiger partial charge in [0.05, 0.1) is 5.69 Å². The summed E-state index contributed by atoms with van der Waals surface area (Å²) >= 11 is 0. The number of amides is 1. The molecule has 5 heteroatoms. The van der Waals surface area contributed by atoms with E-state index in [2.05, 4.69) is 36.2 Å². The average Bonchev–Trinajstić information content (AvgIpc) is 2.88. The number of nitrogens with zero attached hydrogens (tertiary/aromatic N) is 3. The number of pyridine rings is 1. The number of fused-ring (bicyclic) bond motifs is 1. The first-order valence-electron chi connectivity index (χ1n) is 8.64. The molecule has 1 aliphatic rings. The highest BCUT2D eigenvalue weighted by Crippen LogP contribution is 2.23. The van der Waals surface area contributed by atoms with Gasteiger partial charge in [0.2, 0.25) is 0 Å². The van der Waals surface area contributed by atoms with Gasteiger partial charge in [-0.05, 0) is 37.3 Å². The summed E-state index contributed by atoms with van der Waals surface area (Å²) in [5.41, 5.74) is 5.03. The first-order chi connectivity index (χ1) is 11.4. The van der Waals surface area contributed by atoms with Crippen LogP contribution in [0.2, 0.25) is 0 Å². The van der Waals surface area contributed by atoms with Gasteiger partial charge in [-0.2, -0.15) is 5.10 Å². The molecule has 0 atom stereocenters. The molecule has 1 amide bonds. The van der Waals surface area contributed by atoms with Gasteiger partial charge in [0.15, 0.2) is 0 Å². The van der Waals surface area contributed by atoms with Gasteiger partial charge in [-0.15, -0.1) is 0 Å². The molecule has 1 aliphatic carbocycles. The van der Waals surface area contributed by atoms with Gasteiger partial charge in [0, 0.05) is 36.5 Å². The van der Waals surface area contributed by atoms with Gasteiger partial charge in [0.1, 0.15) is 5.69 Å². The lowest BCUT2D eigenvalue weighted by Gasteiger charge is -2.17. The quantitative estimate of drug-likeness (QED) is 0.943. The molecule has 1 N–H and O–H groups in total. The Hall–Kier alpha value is -2.17. The van der Waals surface area contributed by atoms with Crippen molar-refractivity contribution in [1.82, 2.24) is 20.1 Å². The van der Waals surface area contributed by atoms with Gasteiger partial charge < -0.3 is 5.32 Å². The zero-order chi connectivity index (χ0) is 17.3. The van der Waals surface area contributed by atoms with Gasteiger partial charge in [-0.3, -0.25) is 14.5 Å². The molecule has 0 aliphatic heterocycles. The Morgan fingerprint density at radius 1 is 1.25 bits per heavy atom. The van der Waals surface area contributed by atoms with Gasteiger partial charge in [-0.25, -0.2) is 0 Å². The number of carbonyl (C=O) groups is 1. The molecule has 0 aromatic carbocycles. The van der Waals surface area contributed by atoms with Crippen molar-refractivity contribution in [3.8, 4) is 0 Å².